The predicted molar refractivity (Wildman–Crippen MR) is 117 cm³/mol. The van der Waals surface area contributed by atoms with Crippen molar-refractivity contribution < 1.29 is 14.1 Å². The highest BCUT2D eigenvalue weighted by Gasteiger charge is 2.31. The molecule has 0 saturated carbocycles. The third-order valence-corrected chi connectivity index (χ3v) is 5.70. The van der Waals surface area contributed by atoms with Gasteiger partial charge in [-0.2, -0.15) is 0 Å². The van der Waals surface area contributed by atoms with Gasteiger partial charge in [-0.25, -0.2) is 9.97 Å². The van der Waals surface area contributed by atoms with Crippen molar-refractivity contribution in [3.05, 3.63) is 46.9 Å². The van der Waals surface area contributed by atoms with Gasteiger partial charge in [0.05, 0.1) is 22.6 Å². The number of carbonyl (C=O) groups is 2. The largest absolute Gasteiger partial charge is 0.338 e. The van der Waals surface area contributed by atoms with Gasteiger partial charge in [0.15, 0.2) is 0 Å². The number of rotatable bonds is 4. The Morgan fingerprint density at radius 3 is 2.77 bits per heavy atom. The standard InChI is InChI=1S/C23H27N5O3/c1-13(2)18-10-17(20-15(4)27-31-22(20)25-18)23(30)28-9-5-6-16(12-28)21(29)26-19-8-7-14(3)11-24-19/h7-8,10-11,13,16H,5-6,9,12H2,1-4H3,(H,24,26,29). The number of pyridine rings is 2. The lowest BCUT2D eigenvalue weighted by Gasteiger charge is -2.32. The molecule has 1 aliphatic rings. The Morgan fingerprint density at radius 2 is 2.06 bits per heavy atom. The van der Waals surface area contributed by atoms with Crippen molar-refractivity contribution in [2.24, 2.45) is 5.92 Å². The summed E-state index contributed by atoms with van der Waals surface area (Å²) in [4.78, 5) is 36.8. The van der Waals surface area contributed by atoms with Gasteiger partial charge in [-0.15, -0.1) is 0 Å². The smallest absolute Gasteiger partial charge is 0.259 e. The molecule has 0 bridgehead atoms. The zero-order valence-corrected chi connectivity index (χ0v) is 18.3. The second-order valence-corrected chi connectivity index (χ2v) is 8.50. The molecular formula is C23H27N5O3. The van der Waals surface area contributed by atoms with Crippen LogP contribution in [0.3, 0.4) is 0 Å². The first-order chi connectivity index (χ1) is 14.8. The van der Waals surface area contributed by atoms with Crippen LogP contribution in [0, 0.1) is 19.8 Å². The van der Waals surface area contributed by atoms with Crippen molar-refractivity contribution >= 4 is 28.7 Å². The van der Waals surface area contributed by atoms with Crippen LogP contribution in [0.25, 0.3) is 11.1 Å². The average Bonchev–Trinajstić information content (AvgIpc) is 3.15. The predicted octanol–water partition coefficient (Wildman–Crippen LogP) is 3.85. The summed E-state index contributed by atoms with van der Waals surface area (Å²) in [5.41, 5.74) is 3.36. The maximum absolute atomic E-state index is 13.5. The van der Waals surface area contributed by atoms with Crippen molar-refractivity contribution in [1.29, 1.82) is 0 Å². The summed E-state index contributed by atoms with van der Waals surface area (Å²) in [6.45, 7) is 8.76. The lowest BCUT2D eigenvalue weighted by molar-refractivity contribution is -0.121. The third-order valence-electron chi connectivity index (χ3n) is 5.70. The number of amides is 2. The van der Waals surface area contributed by atoms with Crippen LogP contribution in [-0.2, 0) is 4.79 Å². The molecule has 4 rings (SSSR count). The van der Waals surface area contributed by atoms with Gasteiger partial charge in [-0.1, -0.05) is 25.1 Å². The maximum Gasteiger partial charge on any atom is 0.259 e. The molecule has 162 valence electrons. The number of aromatic nitrogens is 3. The normalized spacial score (nSPS) is 16.7. The molecule has 0 aliphatic carbocycles. The molecule has 1 atom stereocenters. The number of nitrogens with one attached hydrogen (secondary N) is 1. The monoisotopic (exact) mass is 421 g/mol. The number of hydrogen-bond donors (Lipinski definition) is 1. The molecule has 0 radical (unpaired) electrons. The molecule has 1 saturated heterocycles. The number of nitrogens with zero attached hydrogens (tertiary/aromatic N) is 4. The molecule has 1 fully saturated rings. The van der Waals surface area contributed by atoms with E-state index in [9.17, 15) is 9.59 Å². The first-order valence-corrected chi connectivity index (χ1v) is 10.6. The summed E-state index contributed by atoms with van der Waals surface area (Å²) in [6.07, 6.45) is 3.21. The lowest BCUT2D eigenvalue weighted by atomic mass is 9.95. The zero-order valence-electron chi connectivity index (χ0n) is 18.3. The maximum atomic E-state index is 13.5. The molecule has 0 aromatic carbocycles. The molecule has 0 spiro atoms. The number of anilines is 1. The molecule has 3 aromatic heterocycles. The highest BCUT2D eigenvalue weighted by Crippen LogP contribution is 2.28. The van der Waals surface area contributed by atoms with Crippen molar-refractivity contribution in [2.75, 3.05) is 18.4 Å². The van der Waals surface area contributed by atoms with Crippen LogP contribution >= 0.6 is 0 Å². The molecule has 1 aliphatic heterocycles. The van der Waals surface area contributed by atoms with E-state index in [0.29, 0.717) is 41.3 Å². The summed E-state index contributed by atoms with van der Waals surface area (Å²) in [7, 11) is 0. The van der Waals surface area contributed by atoms with E-state index >= 15 is 0 Å². The highest BCUT2D eigenvalue weighted by molar-refractivity contribution is 6.06. The Bertz CT molecular complexity index is 1120. The van der Waals surface area contributed by atoms with Gasteiger partial charge < -0.3 is 14.7 Å². The van der Waals surface area contributed by atoms with Crippen molar-refractivity contribution in [3.63, 3.8) is 0 Å². The van der Waals surface area contributed by atoms with E-state index in [1.54, 1.807) is 24.1 Å². The van der Waals surface area contributed by atoms with Gasteiger partial charge in [0, 0.05) is 25.0 Å². The van der Waals surface area contributed by atoms with Crippen molar-refractivity contribution in [2.45, 2.75) is 46.5 Å². The number of hydrogen-bond acceptors (Lipinski definition) is 6. The van der Waals surface area contributed by atoms with Crippen LogP contribution in [0.1, 0.15) is 59.9 Å². The average molecular weight is 422 g/mol. The molecule has 8 heteroatoms. The summed E-state index contributed by atoms with van der Waals surface area (Å²) in [5.74, 6) is 0.149. The van der Waals surface area contributed by atoms with Gasteiger partial charge in [-0.05, 0) is 50.3 Å². The molecule has 31 heavy (non-hydrogen) atoms. The minimum atomic E-state index is -0.286. The van der Waals surface area contributed by atoms with Gasteiger partial charge in [0.25, 0.3) is 11.6 Å². The molecule has 8 nitrogen and oxygen atoms in total. The molecule has 1 unspecified atom stereocenters. The minimum Gasteiger partial charge on any atom is -0.338 e. The van der Waals surface area contributed by atoms with E-state index in [-0.39, 0.29) is 23.7 Å². The Balaban J connectivity index is 1.56. The number of piperidine rings is 1. The number of fused-ring (bicyclic) bond motifs is 1. The SMILES string of the molecule is Cc1ccc(NC(=O)C2CCCN(C(=O)c3cc(C(C)C)nc4onc(C)c34)C2)nc1. The van der Waals surface area contributed by atoms with E-state index in [1.165, 1.54) is 0 Å². The number of aryl methyl sites for hydroxylation is 2. The first kappa shape index (κ1) is 21.0. The fourth-order valence-electron chi connectivity index (χ4n) is 3.89. The number of carbonyl (C=O) groups excluding carboxylic acids is 2. The van der Waals surface area contributed by atoms with Crippen LogP contribution in [0.15, 0.2) is 28.9 Å². The van der Waals surface area contributed by atoms with E-state index in [0.717, 1.165) is 24.1 Å². The van der Waals surface area contributed by atoms with E-state index < -0.39 is 0 Å². The summed E-state index contributed by atoms with van der Waals surface area (Å²) >= 11 is 0. The molecule has 1 N–H and O–H groups in total. The Kier molecular flexibility index (Phi) is 5.71. The fraction of sp³-hybridized carbons (Fsp3) is 0.435. The molecule has 4 heterocycles. The van der Waals surface area contributed by atoms with Crippen LogP contribution in [0.2, 0.25) is 0 Å². The van der Waals surface area contributed by atoms with E-state index in [4.69, 9.17) is 4.52 Å². The van der Waals surface area contributed by atoms with Gasteiger partial charge in [-0.3, -0.25) is 9.59 Å². The third kappa shape index (κ3) is 4.28. The van der Waals surface area contributed by atoms with Gasteiger partial charge in [0.1, 0.15) is 5.82 Å². The van der Waals surface area contributed by atoms with Crippen molar-refractivity contribution in [3.8, 4) is 0 Å². The zero-order chi connectivity index (χ0) is 22.1. The summed E-state index contributed by atoms with van der Waals surface area (Å²) < 4.78 is 5.35. The first-order valence-electron chi connectivity index (χ1n) is 10.6. The lowest BCUT2D eigenvalue weighted by Crippen LogP contribution is -2.44. The van der Waals surface area contributed by atoms with E-state index in [1.807, 2.05) is 32.9 Å². The quantitative estimate of drug-likeness (QED) is 0.687. The topological polar surface area (TPSA) is 101 Å². The molecule has 3 aromatic rings. The second kappa shape index (κ2) is 8.45. The Morgan fingerprint density at radius 1 is 1.26 bits per heavy atom. The Hall–Kier alpha value is -3.29. The molecule has 2 amide bonds. The van der Waals surface area contributed by atoms with Crippen molar-refractivity contribution in [1.82, 2.24) is 20.0 Å². The van der Waals surface area contributed by atoms with Crippen LogP contribution < -0.4 is 5.32 Å². The second-order valence-electron chi connectivity index (χ2n) is 8.50. The number of likely N-dealkylation sites (tertiary alicyclic amines) is 1. The summed E-state index contributed by atoms with van der Waals surface area (Å²) in [6, 6.07) is 5.52. The van der Waals surface area contributed by atoms with Crippen LogP contribution in [-0.4, -0.2) is 44.9 Å². The van der Waals surface area contributed by atoms with Gasteiger partial charge in [0.2, 0.25) is 5.91 Å². The minimum absolute atomic E-state index is 0.113. The van der Waals surface area contributed by atoms with Gasteiger partial charge >= 0.3 is 0 Å². The molecular weight excluding hydrogens is 394 g/mol. The van der Waals surface area contributed by atoms with Crippen LogP contribution in [0.5, 0.6) is 0 Å². The summed E-state index contributed by atoms with van der Waals surface area (Å²) in [5, 5.41) is 7.52. The Labute approximate surface area is 181 Å². The fourth-order valence-corrected chi connectivity index (χ4v) is 3.89. The van der Waals surface area contributed by atoms with Crippen LogP contribution in [0.4, 0.5) is 5.82 Å². The highest BCUT2D eigenvalue weighted by atomic mass is 16.5. The van der Waals surface area contributed by atoms with E-state index in [2.05, 4.69) is 20.4 Å².